The molecule has 1 heterocycles. The molecule has 2 unspecified atom stereocenters. The lowest BCUT2D eigenvalue weighted by atomic mass is 10.4. The van der Waals surface area contributed by atoms with Crippen molar-refractivity contribution in [2.24, 2.45) is 0 Å². The van der Waals surface area contributed by atoms with Gasteiger partial charge in [-0.15, -0.1) is 0 Å². The third kappa shape index (κ3) is 2.88. The average molecular weight is 163 g/mol. The van der Waals surface area contributed by atoms with Gasteiger partial charge < -0.3 is 5.32 Å². The molecule has 0 spiro atoms. The minimum Gasteiger partial charge on any atom is -0.316 e. The van der Waals surface area contributed by atoms with E-state index in [4.69, 9.17) is 0 Å². The molecule has 0 aliphatic carbocycles. The Labute approximate surface area is 65.8 Å². The Balaban J connectivity index is 2.01. The third-order valence-corrected chi connectivity index (χ3v) is 3.10. The molecule has 1 fully saturated rings. The van der Waals surface area contributed by atoms with Crippen LogP contribution in [0.25, 0.3) is 0 Å². The summed E-state index contributed by atoms with van der Waals surface area (Å²) in [6, 6.07) is 0. The van der Waals surface area contributed by atoms with Crippen molar-refractivity contribution >= 4 is 11.8 Å². The molecule has 10 heavy (non-hydrogen) atoms. The number of hydrogen-bond donors (Lipinski definition) is 1. The summed E-state index contributed by atoms with van der Waals surface area (Å²) in [7, 11) is 0. The molecule has 1 aliphatic heterocycles. The fraction of sp³-hybridized carbons (Fsp3) is 1.00. The van der Waals surface area contributed by atoms with Crippen LogP contribution in [0.4, 0.5) is 4.39 Å². The van der Waals surface area contributed by atoms with Gasteiger partial charge in [0.1, 0.15) is 6.17 Å². The number of halogens is 1. The lowest BCUT2D eigenvalue weighted by Crippen LogP contribution is -2.12. The summed E-state index contributed by atoms with van der Waals surface area (Å²) in [5, 5.41) is 3.92. The maximum absolute atomic E-state index is 12.3. The molecule has 0 amide bonds. The minimum atomic E-state index is -0.648. The van der Waals surface area contributed by atoms with E-state index >= 15 is 0 Å². The van der Waals surface area contributed by atoms with Gasteiger partial charge in [-0.25, -0.2) is 4.39 Å². The minimum absolute atomic E-state index is 0.648. The van der Waals surface area contributed by atoms with Crippen LogP contribution in [0.1, 0.15) is 13.3 Å². The molecule has 3 heteroatoms. The van der Waals surface area contributed by atoms with Crippen molar-refractivity contribution in [2.45, 2.75) is 24.8 Å². The van der Waals surface area contributed by atoms with Crippen molar-refractivity contribution in [3.8, 4) is 0 Å². The van der Waals surface area contributed by atoms with E-state index in [0.29, 0.717) is 11.0 Å². The highest BCUT2D eigenvalue weighted by atomic mass is 32.2. The zero-order valence-corrected chi connectivity index (χ0v) is 7.09. The summed E-state index contributed by atoms with van der Waals surface area (Å²) >= 11 is 1.75. The predicted molar refractivity (Wildman–Crippen MR) is 44.3 cm³/mol. The van der Waals surface area contributed by atoms with Gasteiger partial charge in [0.2, 0.25) is 0 Å². The van der Waals surface area contributed by atoms with Crippen LogP contribution in [0, 0.1) is 0 Å². The van der Waals surface area contributed by atoms with Crippen molar-refractivity contribution < 1.29 is 4.39 Å². The maximum atomic E-state index is 12.3. The van der Waals surface area contributed by atoms with E-state index < -0.39 is 6.17 Å². The molecule has 1 aliphatic rings. The number of thioether (sulfide) groups is 1. The Kier molecular flexibility index (Phi) is 3.49. The third-order valence-electron chi connectivity index (χ3n) is 1.58. The lowest BCUT2D eigenvalue weighted by molar-refractivity contribution is 0.397. The van der Waals surface area contributed by atoms with E-state index in [9.17, 15) is 4.39 Å². The standard InChI is InChI=1S/C7H14FNS/c1-6(8)5-10-7-2-3-9-4-7/h6-7,9H,2-5H2,1H3. The van der Waals surface area contributed by atoms with Crippen molar-refractivity contribution in [3.05, 3.63) is 0 Å². The van der Waals surface area contributed by atoms with E-state index in [1.54, 1.807) is 18.7 Å². The first-order chi connectivity index (χ1) is 4.79. The number of nitrogens with one attached hydrogen (secondary N) is 1. The summed E-state index contributed by atoms with van der Waals surface area (Å²) in [5.41, 5.74) is 0. The highest BCUT2D eigenvalue weighted by molar-refractivity contribution is 8.00. The largest absolute Gasteiger partial charge is 0.316 e. The Morgan fingerprint density at radius 3 is 3.10 bits per heavy atom. The van der Waals surface area contributed by atoms with Gasteiger partial charge in [0.05, 0.1) is 0 Å². The smallest absolute Gasteiger partial charge is 0.106 e. The molecule has 2 atom stereocenters. The normalized spacial score (nSPS) is 28.8. The van der Waals surface area contributed by atoms with Gasteiger partial charge in [0, 0.05) is 17.5 Å². The summed E-state index contributed by atoms with van der Waals surface area (Å²) in [6.07, 6.45) is 0.558. The Bertz CT molecular complexity index is 91.6. The van der Waals surface area contributed by atoms with Crippen LogP contribution in [0.5, 0.6) is 0 Å². The zero-order chi connectivity index (χ0) is 7.40. The van der Waals surface area contributed by atoms with Crippen molar-refractivity contribution in [1.29, 1.82) is 0 Å². The molecular weight excluding hydrogens is 149 g/mol. The molecule has 60 valence electrons. The molecule has 0 bridgehead atoms. The topological polar surface area (TPSA) is 12.0 Å². The van der Waals surface area contributed by atoms with Crippen LogP contribution in [0.15, 0.2) is 0 Å². The summed E-state index contributed by atoms with van der Waals surface area (Å²) < 4.78 is 12.3. The van der Waals surface area contributed by atoms with Gasteiger partial charge in [-0.2, -0.15) is 11.8 Å². The summed E-state index contributed by atoms with van der Waals surface area (Å²) in [4.78, 5) is 0. The van der Waals surface area contributed by atoms with E-state index in [-0.39, 0.29) is 0 Å². The van der Waals surface area contributed by atoms with Crippen molar-refractivity contribution in [1.82, 2.24) is 5.32 Å². The number of rotatable bonds is 3. The SMILES string of the molecule is CC(F)CSC1CCNC1. The Hall–Kier alpha value is 0.240. The molecule has 0 aromatic carbocycles. The quantitative estimate of drug-likeness (QED) is 0.675. The van der Waals surface area contributed by atoms with Crippen molar-refractivity contribution in [2.75, 3.05) is 18.8 Å². The van der Waals surface area contributed by atoms with E-state index in [0.717, 1.165) is 13.1 Å². The first-order valence-corrected chi connectivity index (χ1v) is 4.80. The van der Waals surface area contributed by atoms with Crippen LogP contribution < -0.4 is 5.32 Å². The second-order valence-corrected chi connectivity index (χ2v) is 4.06. The van der Waals surface area contributed by atoms with Crippen LogP contribution in [0.2, 0.25) is 0 Å². The first kappa shape index (κ1) is 8.34. The molecule has 0 aromatic heterocycles. The molecule has 1 N–H and O–H groups in total. The van der Waals surface area contributed by atoms with Crippen molar-refractivity contribution in [3.63, 3.8) is 0 Å². The van der Waals surface area contributed by atoms with E-state index in [2.05, 4.69) is 5.32 Å². The van der Waals surface area contributed by atoms with Crippen LogP contribution in [0.3, 0.4) is 0 Å². The monoisotopic (exact) mass is 163 g/mol. The molecule has 1 saturated heterocycles. The highest BCUT2D eigenvalue weighted by Gasteiger charge is 2.15. The van der Waals surface area contributed by atoms with Gasteiger partial charge in [-0.3, -0.25) is 0 Å². The molecular formula is C7H14FNS. The molecule has 0 aromatic rings. The van der Waals surface area contributed by atoms with Gasteiger partial charge >= 0.3 is 0 Å². The van der Waals surface area contributed by atoms with Gasteiger partial charge in [-0.05, 0) is 19.9 Å². The summed E-state index contributed by atoms with van der Waals surface area (Å²) in [5.74, 6) is 0.659. The molecule has 0 radical (unpaired) electrons. The fourth-order valence-corrected chi connectivity index (χ4v) is 2.10. The number of alkyl halides is 1. The van der Waals surface area contributed by atoms with Gasteiger partial charge in [0.25, 0.3) is 0 Å². The first-order valence-electron chi connectivity index (χ1n) is 3.75. The summed E-state index contributed by atoms with van der Waals surface area (Å²) in [6.45, 7) is 3.80. The fourth-order valence-electron chi connectivity index (χ4n) is 1.04. The Morgan fingerprint density at radius 2 is 2.60 bits per heavy atom. The molecule has 1 nitrogen and oxygen atoms in total. The average Bonchev–Trinajstić information content (AvgIpc) is 2.34. The number of hydrogen-bond acceptors (Lipinski definition) is 2. The second-order valence-electron chi connectivity index (χ2n) is 2.73. The van der Waals surface area contributed by atoms with Crippen LogP contribution in [-0.4, -0.2) is 30.3 Å². The van der Waals surface area contributed by atoms with Crippen LogP contribution in [-0.2, 0) is 0 Å². The van der Waals surface area contributed by atoms with Gasteiger partial charge in [-0.1, -0.05) is 0 Å². The Morgan fingerprint density at radius 1 is 1.80 bits per heavy atom. The maximum Gasteiger partial charge on any atom is 0.106 e. The second kappa shape index (κ2) is 4.19. The molecule has 0 saturated carbocycles. The highest BCUT2D eigenvalue weighted by Crippen LogP contribution is 2.18. The van der Waals surface area contributed by atoms with Crippen LogP contribution >= 0.6 is 11.8 Å². The molecule has 1 rings (SSSR count). The zero-order valence-electron chi connectivity index (χ0n) is 6.27. The van der Waals surface area contributed by atoms with E-state index in [1.165, 1.54) is 6.42 Å². The predicted octanol–water partition coefficient (Wildman–Crippen LogP) is 1.44. The lowest BCUT2D eigenvalue weighted by Gasteiger charge is -2.07. The van der Waals surface area contributed by atoms with Gasteiger partial charge in [0.15, 0.2) is 0 Å². The van der Waals surface area contributed by atoms with E-state index in [1.807, 2.05) is 0 Å².